The SMILES string of the molecule is C=CCN1C(=O)C(C(=O)OC)=C2C[C@](O)(/C=C/C)CC[C@@]21C. The van der Waals surface area contributed by atoms with Crippen molar-refractivity contribution in [2.45, 2.75) is 44.2 Å². The monoisotopic (exact) mass is 305 g/mol. The number of hydrogen-bond donors (Lipinski definition) is 1. The van der Waals surface area contributed by atoms with Gasteiger partial charge in [-0.05, 0) is 32.3 Å². The molecule has 1 aliphatic heterocycles. The molecule has 120 valence electrons. The number of ether oxygens (including phenoxy) is 1. The summed E-state index contributed by atoms with van der Waals surface area (Å²) in [5.74, 6) is -0.975. The smallest absolute Gasteiger partial charge is 0.343 e. The summed E-state index contributed by atoms with van der Waals surface area (Å²) in [5, 5.41) is 10.7. The molecule has 5 heteroatoms. The number of carbonyl (C=O) groups is 2. The van der Waals surface area contributed by atoms with Crippen LogP contribution in [0.25, 0.3) is 0 Å². The number of esters is 1. The van der Waals surface area contributed by atoms with Crippen LogP contribution in [0.2, 0.25) is 0 Å². The zero-order valence-electron chi connectivity index (χ0n) is 13.4. The van der Waals surface area contributed by atoms with Gasteiger partial charge in [0.25, 0.3) is 5.91 Å². The van der Waals surface area contributed by atoms with E-state index in [9.17, 15) is 14.7 Å². The lowest BCUT2D eigenvalue weighted by molar-refractivity contribution is -0.139. The molecule has 0 unspecified atom stereocenters. The van der Waals surface area contributed by atoms with E-state index in [1.807, 2.05) is 13.8 Å². The number of allylic oxidation sites excluding steroid dienone is 1. The highest BCUT2D eigenvalue weighted by molar-refractivity contribution is 6.19. The van der Waals surface area contributed by atoms with Gasteiger partial charge in [-0.1, -0.05) is 18.2 Å². The van der Waals surface area contributed by atoms with Crippen molar-refractivity contribution in [3.8, 4) is 0 Å². The van der Waals surface area contributed by atoms with Gasteiger partial charge in [0.05, 0.1) is 18.2 Å². The molecule has 2 rings (SSSR count). The predicted octanol–water partition coefficient (Wildman–Crippen LogP) is 1.73. The molecule has 0 saturated heterocycles. The molecular formula is C17H23NO4. The van der Waals surface area contributed by atoms with Gasteiger partial charge in [0.1, 0.15) is 5.57 Å². The molecule has 2 aliphatic rings. The first-order valence-electron chi connectivity index (χ1n) is 7.44. The molecular weight excluding hydrogens is 282 g/mol. The Morgan fingerprint density at radius 3 is 2.73 bits per heavy atom. The first-order chi connectivity index (χ1) is 10.3. The van der Waals surface area contributed by atoms with Crippen molar-refractivity contribution in [2.75, 3.05) is 13.7 Å². The maximum atomic E-state index is 12.7. The van der Waals surface area contributed by atoms with Crippen molar-refractivity contribution >= 4 is 11.9 Å². The Labute approximate surface area is 130 Å². The molecule has 1 heterocycles. The molecule has 0 aromatic carbocycles. The second-order valence-electron chi connectivity index (χ2n) is 6.10. The van der Waals surface area contributed by atoms with E-state index < -0.39 is 17.1 Å². The molecule has 0 aromatic heterocycles. The first-order valence-corrected chi connectivity index (χ1v) is 7.44. The zero-order valence-corrected chi connectivity index (χ0v) is 13.4. The predicted molar refractivity (Wildman–Crippen MR) is 83.0 cm³/mol. The van der Waals surface area contributed by atoms with Crippen molar-refractivity contribution < 1.29 is 19.4 Å². The van der Waals surface area contributed by atoms with Gasteiger partial charge in [-0.3, -0.25) is 4.79 Å². The Morgan fingerprint density at radius 1 is 1.50 bits per heavy atom. The van der Waals surface area contributed by atoms with E-state index in [0.29, 0.717) is 25.0 Å². The van der Waals surface area contributed by atoms with Gasteiger partial charge in [0.2, 0.25) is 0 Å². The van der Waals surface area contributed by atoms with E-state index in [2.05, 4.69) is 6.58 Å². The van der Waals surface area contributed by atoms with Crippen molar-refractivity contribution in [1.29, 1.82) is 0 Å². The zero-order chi connectivity index (χ0) is 16.5. The van der Waals surface area contributed by atoms with Crippen LogP contribution < -0.4 is 0 Å². The third-order valence-electron chi connectivity index (χ3n) is 4.71. The van der Waals surface area contributed by atoms with Crippen LogP contribution in [0, 0.1) is 0 Å². The number of aliphatic hydroxyl groups is 1. The van der Waals surface area contributed by atoms with Crippen molar-refractivity contribution in [3.05, 3.63) is 36.0 Å². The van der Waals surface area contributed by atoms with Gasteiger partial charge >= 0.3 is 5.97 Å². The van der Waals surface area contributed by atoms with Gasteiger partial charge in [-0.2, -0.15) is 0 Å². The number of fused-ring (bicyclic) bond motifs is 1. The summed E-state index contributed by atoms with van der Waals surface area (Å²) in [7, 11) is 1.26. The number of rotatable bonds is 4. The molecule has 2 atom stereocenters. The van der Waals surface area contributed by atoms with Crippen LogP contribution in [0.3, 0.4) is 0 Å². The molecule has 22 heavy (non-hydrogen) atoms. The number of amides is 1. The van der Waals surface area contributed by atoms with E-state index in [4.69, 9.17) is 4.74 Å². The summed E-state index contributed by atoms with van der Waals surface area (Å²) in [6.45, 7) is 7.83. The second kappa shape index (κ2) is 5.72. The van der Waals surface area contributed by atoms with E-state index in [1.54, 1.807) is 23.1 Å². The van der Waals surface area contributed by atoms with Crippen LogP contribution in [-0.2, 0) is 14.3 Å². The molecule has 5 nitrogen and oxygen atoms in total. The summed E-state index contributed by atoms with van der Waals surface area (Å²) in [6.07, 6.45) is 6.55. The van der Waals surface area contributed by atoms with Crippen LogP contribution in [-0.4, -0.2) is 46.7 Å². The van der Waals surface area contributed by atoms with Gasteiger partial charge in [0.15, 0.2) is 0 Å². The molecule has 1 fully saturated rings. The van der Waals surface area contributed by atoms with E-state index in [-0.39, 0.29) is 17.9 Å². The van der Waals surface area contributed by atoms with Crippen molar-refractivity contribution in [3.63, 3.8) is 0 Å². The summed E-state index contributed by atoms with van der Waals surface area (Å²) in [6, 6.07) is 0. The third-order valence-corrected chi connectivity index (χ3v) is 4.71. The Bertz CT molecular complexity index is 577. The summed E-state index contributed by atoms with van der Waals surface area (Å²) in [4.78, 5) is 26.4. The summed E-state index contributed by atoms with van der Waals surface area (Å²) < 4.78 is 4.78. The standard InChI is InChI=1S/C17H23NO4/c1-5-7-17(21)9-8-16(3)12(11-17)13(15(20)22-4)14(19)18(16)10-6-2/h5-7,21H,2,8-11H2,1,3-4H3/b7-5+/t16-,17-/m0/s1. The van der Waals surface area contributed by atoms with Crippen LogP contribution in [0.5, 0.6) is 0 Å². The van der Waals surface area contributed by atoms with Crippen molar-refractivity contribution in [2.24, 2.45) is 0 Å². The summed E-state index contributed by atoms with van der Waals surface area (Å²) in [5.41, 5.74) is -0.858. The third kappa shape index (κ3) is 2.39. The lowest BCUT2D eigenvalue weighted by atomic mass is 9.71. The van der Waals surface area contributed by atoms with E-state index in [0.717, 1.165) is 0 Å². The fourth-order valence-electron chi connectivity index (χ4n) is 3.52. The minimum atomic E-state index is -1.02. The molecule has 1 N–H and O–H groups in total. The molecule has 1 amide bonds. The average molecular weight is 305 g/mol. The number of nitrogens with zero attached hydrogens (tertiary/aromatic N) is 1. The highest BCUT2D eigenvalue weighted by Crippen LogP contribution is 2.48. The maximum absolute atomic E-state index is 12.7. The van der Waals surface area contributed by atoms with Crippen LogP contribution >= 0.6 is 0 Å². The molecule has 1 saturated carbocycles. The number of hydrogen-bond acceptors (Lipinski definition) is 4. The molecule has 0 radical (unpaired) electrons. The lowest BCUT2D eigenvalue weighted by Crippen LogP contribution is -2.51. The molecule has 0 aromatic rings. The average Bonchev–Trinajstić information content (AvgIpc) is 2.68. The second-order valence-corrected chi connectivity index (χ2v) is 6.10. The lowest BCUT2D eigenvalue weighted by Gasteiger charge is -2.45. The van der Waals surface area contributed by atoms with E-state index in [1.165, 1.54) is 7.11 Å². The Morgan fingerprint density at radius 2 is 2.18 bits per heavy atom. The topological polar surface area (TPSA) is 66.8 Å². The van der Waals surface area contributed by atoms with Gasteiger partial charge in [0, 0.05) is 13.0 Å². The normalized spacial score (nSPS) is 31.6. The molecule has 1 aliphatic carbocycles. The molecule has 0 bridgehead atoms. The first kappa shape index (κ1) is 16.5. The van der Waals surface area contributed by atoms with Gasteiger partial charge in [-0.25, -0.2) is 4.79 Å². The Balaban J connectivity index is 2.54. The van der Waals surface area contributed by atoms with Crippen molar-refractivity contribution in [1.82, 2.24) is 4.90 Å². The highest BCUT2D eigenvalue weighted by atomic mass is 16.5. The number of carbonyl (C=O) groups excluding carboxylic acids is 2. The Kier molecular flexibility index (Phi) is 4.29. The highest BCUT2D eigenvalue weighted by Gasteiger charge is 2.54. The molecule has 0 spiro atoms. The van der Waals surface area contributed by atoms with Gasteiger partial charge < -0.3 is 14.7 Å². The Hall–Kier alpha value is -1.88. The fourth-order valence-corrected chi connectivity index (χ4v) is 3.52. The van der Waals surface area contributed by atoms with Crippen LogP contribution in [0.1, 0.15) is 33.1 Å². The minimum absolute atomic E-state index is 0.0643. The van der Waals surface area contributed by atoms with E-state index >= 15 is 0 Å². The fraction of sp³-hybridized carbons (Fsp3) is 0.529. The maximum Gasteiger partial charge on any atom is 0.343 e. The summed E-state index contributed by atoms with van der Waals surface area (Å²) >= 11 is 0. The van der Waals surface area contributed by atoms with Crippen LogP contribution in [0.4, 0.5) is 0 Å². The van der Waals surface area contributed by atoms with Crippen LogP contribution in [0.15, 0.2) is 36.0 Å². The van der Waals surface area contributed by atoms with Gasteiger partial charge in [-0.15, -0.1) is 6.58 Å². The minimum Gasteiger partial charge on any atom is -0.465 e. The largest absolute Gasteiger partial charge is 0.465 e. The number of methoxy groups -OCH3 is 1. The quantitative estimate of drug-likeness (QED) is 0.488.